The van der Waals surface area contributed by atoms with Crippen molar-refractivity contribution in [2.75, 3.05) is 6.61 Å². The smallest absolute Gasteiger partial charge is 0.356 e. The normalized spacial score (nSPS) is 10.5. The van der Waals surface area contributed by atoms with Gasteiger partial charge in [-0.25, -0.2) is 14.8 Å². The average Bonchev–Trinajstić information content (AvgIpc) is 2.30. The van der Waals surface area contributed by atoms with E-state index in [0.29, 0.717) is 21.2 Å². The summed E-state index contributed by atoms with van der Waals surface area (Å²) in [6.45, 7) is 2.01. The molecule has 0 bridgehead atoms. The third kappa shape index (κ3) is 2.48. The van der Waals surface area contributed by atoms with E-state index in [1.54, 1.807) is 19.1 Å². The molecule has 0 aliphatic carbocycles. The Bertz CT molecular complexity index is 587. The van der Waals surface area contributed by atoms with Gasteiger partial charge in [0.15, 0.2) is 5.69 Å². The summed E-state index contributed by atoms with van der Waals surface area (Å²) in [6.07, 6.45) is 0. The number of hydrogen-bond donors (Lipinski definition) is 0. The van der Waals surface area contributed by atoms with Crippen molar-refractivity contribution in [2.24, 2.45) is 0 Å². The molecule has 2 rings (SSSR count). The van der Waals surface area contributed by atoms with Crippen LogP contribution in [0.5, 0.6) is 0 Å². The minimum Gasteiger partial charge on any atom is -0.461 e. The largest absolute Gasteiger partial charge is 0.461 e. The first-order valence-corrected chi connectivity index (χ1v) is 5.67. The van der Waals surface area contributed by atoms with E-state index in [0.717, 1.165) is 0 Å². The van der Waals surface area contributed by atoms with E-state index in [4.69, 9.17) is 27.9 Å². The lowest BCUT2D eigenvalue weighted by Crippen LogP contribution is -2.07. The Morgan fingerprint density at radius 2 is 2.12 bits per heavy atom. The van der Waals surface area contributed by atoms with E-state index in [2.05, 4.69) is 9.97 Å². The average molecular weight is 271 g/mol. The lowest BCUT2D eigenvalue weighted by Gasteiger charge is -2.04. The first-order chi connectivity index (χ1) is 8.11. The van der Waals surface area contributed by atoms with Crippen molar-refractivity contribution in [3.8, 4) is 0 Å². The maximum atomic E-state index is 11.5. The highest BCUT2D eigenvalue weighted by molar-refractivity contribution is 6.35. The molecule has 0 saturated carbocycles. The van der Waals surface area contributed by atoms with Crippen LogP contribution in [-0.2, 0) is 4.74 Å². The summed E-state index contributed by atoms with van der Waals surface area (Å²) in [5.74, 6) is -0.508. The highest BCUT2D eigenvalue weighted by Gasteiger charge is 2.13. The molecule has 2 aromatic rings. The predicted molar refractivity (Wildman–Crippen MR) is 65.5 cm³/mol. The van der Waals surface area contributed by atoms with Gasteiger partial charge in [0.2, 0.25) is 0 Å². The Hall–Kier alpha value is -1.39. The van der Waals surface area contributed by atoms with Crippen molar-refractivity contribution in [3.63, 3.8) is 0 Å². The third-order valence-corrected chi connectivity index (χ3v) is 2.55. The first kappa shape index (κ1) is 12.1. The van der Waals surface area contributed by atoms with Crippen LogP contribution in [0, 0.1) is 0 Å². The lowest BCUT2D eigenvalue weighted by molar-refractivity contribution is 0.0520. The second kappa shape index (κ2) is 4.85. The maximum Gasteiger partial charge on any atom is 0.356 e. The SMILES string of the molecule is CCOC(=O)c1cc(Cl)c2nc(Cl)ccc2n1. The number of carbonyl (C=O) groups is 1. The van der Waals surface area contributed by atoms with Gasteiger partial charge in [0.25, 0.3) is 0 Å². The van der Waals surface area contributed by atoms with Crippen LogP contribution in [0.4, 0.5) is 0 Å². The number of halogens is 2. The minimum absolute atomic E-state index is 0.161. The Balaban J connectivity index is 2.56. The molecular weight excluding hydrogens is 263 g/mol. The number of nitrogens with zero attached hydrogens (tertiary/aromatic N) is 2. The third-order valence-electron chi connectivity index (χ3n) is 2.06. The first-order valence-electron chi connectivity index (χ1n) is 4.91. The van der Waals surface area contributed by atoms with Crippen LogP contribution >= 0.6 is 23.2 Å². The number of esters is 1. The molecule has 0 aliphatic rings. The number of pyridine rings is 2. The van der Waals surface area contributed by atoms with Gasteiger partial charge >= 0.3 is 5.97 Å². The zero-order valence-corrected chi connectivity index (χ0v) is 10.4. The van der Waals surface area contributed by atoms with Crippen LogP contribution in [0.3, 0.4) is 0 Å². The monoisotopic (exact) mass is 270 g/mol. The van der Waals surface area contributed by atoms with Crippen molar-refractivity contribution in [1.82, 2.24) is 9.97 Å². The summed E-state index contributed by atoms with van der Waals surface area (Å²) in [4.78, 5) is 19.7. The van der Waals surface area contributed by atoms with E-state index >= 15 is 0 Å². The molecule has 88 valence electrons. The summed E-state index contributed by atoms with van der Waals surface area (Å²) in [5, 5.41) is 0.644. The number of carbonyl (C=O) groups excluding carboxylic acids is 1. The molecular formula is C11H8Cl2N2O2. The molecule has 0 spiro atoms. The topological polar surface area (TPSA) is 52.1 Å². The summed E-state index contributed by atoms with van der Waals surface area (Å²) in [7, 11) is 0. The molecule has 6 heteroatoms. The molecule has 0 aromatic carbocycles. The van der Waals surface area contributed by atoms with Crippen LogP contribution in [0.15, 0.2) is 18.2 Å². The quantitative estimate of drug-likeness (QED) is 0.622. The van der Waals surface area contributed by atoms with Gasteiger partial charge in [-0.05, 0) is 25.1 Å². The zero-order chi connectivity index (χ0) is 12.4. The molecule has 0 fully saturated rings. The van der Waals surface area contributed by atoms with E-state index < -0.39 is 5.97 Å². The fraction of sp³-hybridized carbons (Fsp3) is 0.182. The molecule has 0 atom stereocenters. The molecule has 0 aliphatic heterocycles. The second-order valence-electron chi connectivity index (χ2n) is 3.21. The Morgan fingerprint density at radius 1 is 1.35 bits per heavy atom. The molecule has 4 nitrogen and oxygen atoms in total. The Morgan fingerprint density at radius 3 is 2.82 bits per heavy atom. The molecule has 2 heterocycles. The number of ether oxygens (including phenoxy) is 1. The van der Waals surface area contributed by atoms with Crippen LogP contribution in [0.1, 0.15) is 17.4 Å². The number of aromatic nitrogens is 2. The van der Waals surface area contributed by atoms with Gasteiger partial charge in [-0.15, -0.1) is 0 Å². The van der Waals surface area contributed by atoms with Gasteiger partial charge < -0.3 is 4.74 Å². The Labute approximate surface area is 108 Å². The number of hydrogen-bond acceptors (Lipinski definition) is 4. The van der Waals surface area contributed by atoms with E-state index in [1.165, 1.54) is 6.07 Å². The van der Waals surface area contributed by atoms with Crippen molar-refractivity contribution in [2.45, 2.75) is 6.92 Å². The van der Waals surface area contributed by atoms with Gasteiger partial charge in [-0.1, -0.05) is 23.2 Å². The highest BCUT2D eigenvalue weighted by atomic mass is 35.5. The van der Waals surface area contributed by atoms with Gasteiger partial charge in [0.1, 0.15) is 10.7 Å². The molecule has 2 aromatic heterocycles. The zero-order valence-electron chi connectivity index (χ0n) is 8.91. The van der Waals surface area contributed by atoms with Crippen LogP contribution in [-0.4, -0.2) is 22.5 Å². The summed E-state index contributed by atoms with van der Waals surface area (Å²) < 4.78 is 4.85. The molecule has 0 saturated heterocycles. The molecule has 17 heavy (non-hydrogen) atoms. The van der Waals surface area contributed by atoms with Gasteiger partial charge in [-0.3, -0.25) is 0 Å². The minimum atomic E-state index is -0.508. The van der Waals surface area contributed by atoms with Crippen molar-refractivity contribution >= 4 is 40.2 Å². The summed E-state index contributed by atoms with van der Waals surface area (Å²) in [5.41, 5.74) is 1.13. The van der Waals surface area contributed by atoms with Crippen molar-refractivity contribution in [3.05, 3.63) is 34.1 Å². The predicted octanol–water partition coefficient (Wildman–Crippen LogP) is 3.11. The highest BCUT2D eigenvalue weighted by Crippen LogP contribution is 2.23. The fourth-order valence-corrected chi connectivity index (χ4v) is 1.74. The molecule has 0 amide bonds. The Kier molecular flexibility index (Phi) is 3.45. The van der Waals surface area contributed by atoms with Gasteiger partial charge in [0, 0.05) is 0 Å². The fourth-order valence-electron chi connectivity index (χ4n) is 1.35. The van der Waals surface area contributed by atoms with Crippen molar-refractivity contribution in [1.29, 1.82) is 0 Å². The molecule has 0 unspecified atom stereocenters. The second-order valence-corrected chi connectivity index (χ2v) is 4.01. The van der Waals surface area contributed by atoms with E-state index in [9.17, 15) is 4.79 Å². The van der Waals surface area contributed by atoms with Crippen molar-refractivity contribution < 1.29 is 9.53 Å². The van der Waals surface area contributed by atoms with Crippen LogP contribution in [0.2, 0.25) is 10.2 Å². The molecule has 0 N–H and O–H groups in total. The van der Waals surface area contributed by atoms with Gasteiger partial charge in [-0.2, -0.15) is 0 Å². The molecule has 0 radical (unpaired) electrons. The number of fused-ring (bicyclic) bond motifs is 1. The van der Waals surface area contributed by atoms with E-state index in [1.807, 2.05) is 0 Å². The lowest BCUT2D eigenvalue weighted by atomic mass is 10.3. The standard InChI is InChI=1S/C11H8Cl2N2O2/c1-2-17-11(16)8-5-6(12)10-7(14-8)3-4-9(13)15-10/h3-5H,2H2,1H3. The number of rotatable bonds is 2. The van der Waals surface area contributed by atoms with Crippen LogP contribution in [0.25, 0.3) is 11.0 Å². The summed E-state index contributed by atoms with van der Waals surface area (Å²) >= 11 is 11.8. The summed E-state index contributed by atoms with van der Waals surface area (Å²) in [6, 6.07) is 4.66. The maximum absolute atomic E-state index is 11.5. The van der Waals surface area contributed by atoms with Gasteiger partial charge in [0.05, 0.1) is 17.1 Å². The van der Waals surface area contributed by atoms with E-state index in [-0.39, 0.29) is 12.3 Å². The van der Waals surface area contributed by atoms with Crippen LogP contribution < -0.4 is 0 Å².